The molecule has 0 radical (unpaired) electrons. The average molecular weight is 243 g/mol. The van der Waals surface area contributed by atoms with Gasteiger partial charge in [0.15, 0.2) is 17.8 Å². The van der Waals surface area contributed by atoms with Gasteiger partial charge in [-0.2, -0.15) is 0 Å². The van der Waals surface area contributed by atoms with E-state index in [1.807, 2.05) is 0 Å². The highest BCUT2D eigenvalue weighted by molar-refractivity contribution is 9.09. The summed E-state index contributed by atoms with van der Waals surface area (Å²) in [7, 11) is 0. The fraction of sp³-hybridized carbons (Fsp3) is 0.429. The Balaban J connectivity index is 3.00. The molecular weight excluding hydrogens is 237 g/mol. The van der Waals surface area contributed by atoms with Crippen LogP contribution >= 0.6 is 15.9 Å². The van der Waals surface area contributed by atoms with Crippen LogP contribution in [0.15, 0.2) is 23.3 Å². The molecule has 12 heavy (non-hydrogen) atoms. The van der Waals surface area contributed by atoms with Crippen molar-refractivity contribution >= 4 is 15.9 Å². The van der Waals surface area contributed by atoms with E-state index in [1.54, 1.807) is 0 Å². The summed E-state index contributed by atoms with van der Waals surface area (Å²) in [6, 6.07) is 0. The Morgan fingerprint density at radius 3 is 2.58 bits per heavy atom. The number of aliphatic hydroxyl groups is 1. The SMILES string of the molecule is OCC1=CC(F)=C(F)C(F)C1Br. The van der Waals surface area contributed by atoms with Crippen LogP contribution in [0.25, 0.3) is 0 Å². The normalized spacial score (nSPS) is 30.6. The van der Waals surface area contributed by atoms with Crippen LogP contribution < -0.4 is 0 Å². The van der Waals surface area contributed by atoms with Gasteiger partial charge in [0, 0.05) is 0 Å². The molecule has 2 atom stereocenters. The van der Waals surface area contributed by atoms with Gasteiger partial charge in [0.05, 0.1) is 11.4 Å². The maximum Gasteiger partial charge on any atom is 0.171 e. The van der Waals surface area contributed by atoms with Crippen LogP contribution in [0.3, 0.4) is 0 Å². The first-order chi connectivity index (χ1) is 5.57. The lowest BCUT2D eigenvalue weighted by Crippen LogP contribution is -2.24. The van der Waals surface area contributed by atoms with Crippen molar-refractivity contribution in [2.75, 3.05) is 6.61 Å². The minimum atomic E-state index is -2.04. The molecule has 0 aliphatic heterocycles. The van der Waals surface area contributed by atoms with Crippen LogP contribution in [0.4, 0.5) is 13.2 Å². The molecule has 0 fully saturated rings. The molecule has 0 saturated carbocycles. The van der Waals surface area contributed by atoms with Crippen molar-refractivity contribution in [2.45, 2.75) is 11.0 Å². The largest absolute Gasteiger partial charge is 0.392 e. The van der Waals surface area contributed by atoms with Gasteiger partial charge in [-0.15, -0.1) is 0 Å². The summed E-state index contributed by atoms with van der Waals surface area (Å²) in [5, 5.41) is 8.61. The molecule has 1 aliphatic rings. The molecule has 1 nitrogen and oxygen atoms in total. The topological polar surface area (TPSA) is 20.2 Å². The van der Waals surface area contributed by atoms with Crippen molar-refractivity contribution in [3.63, 3.8) is 0 Å². The Bertz CT molecular complexity index is 249. The second-order valence-electron chi connectivity index (χ2n) is 2.38. The van der Waals surface area contributed by atoms with Crippen LogP contribution in [0.2, 0.25) is 0 Å². The second kappa shape index (κ2) is 3.62. The third-order valence-corrected chi connectivity index (χ3v) is 2.63. The maximum atomic E-state index is 12.8. The lowest BCUT2D eigenvalue weighted by atomic mass is 10.0. The third-order valence-electron chi connectivity index (χ3n) is 1.58. The van der Waals surface area contributed by atoms with E-state index < -0.39 is 29.3 Å². The Labute approximate surface area is 75.7 Å². The Kier molecular flexibility index (Phi) is 2.95. The smallest absolute Gasteiger partial charge is 0.171 e. The van der Waals surface area contributed by atoms with Gasteiger partial charge in [0.1, 0.15) is 0 Å². The summed E-state index contributed by atoms with van der Waals surface area (Å²) in [5.41, 5.74) is 0.0985. The lowest BCUT2D eigenvalue weighted by molar-refractivity contribution is 0.283. The van der Waals surface area contributed by atoms with Crippen LogP contribution in [0.5, 0.6) is 0 Å². The maximum absolute atomic E-state index is 12.8. The molecule has 0 saturated heterocycles. The van der Waals surface area contributed by atoms with Crippen LogP contribution in [-0.4, -0.2) is 22.7 Å². The first kappa shape index (κ1) is 9.80. The predicted octanol–water partition coefficient (Wildman–Crippen LogP) is 2.17. The molecule has 1 N–H and O–H groups in total. The number of hydrogen-bond donors (Lipinski definition) is 1. The van der Waals surface area contributed by atoms with Gasteiger partial charge in [0.2, 0.25) is 0 Å². The van der Waals surface area contributed by atoms with E-state index in [2.05, 4.69) is 15.9 Å². The van der Waals surface area contributed by atoms with Gasteiger partial charge in [0.25, 0.3) is 0 Å². The average Bonchev–Trinajstić information content (AvgIpc) is 2.08. The summed E-state index contributed by atoms with van der Waals surface area (Å²) >= 11 is 2.80. The van der Waals surface area contributed by atoms with E-state index in [9.17, 15) is 13.2 Å². The number of allylic oxidation sites excluding steroid dienone is 3. The van der Waals surface area contributed by atoms with Crippen LogP contribution in [0.1, 0.15) is 0 Å². The molecule has 1 aliphatic carbocycles. The first-order valence-corrected chi connectivity index (χ1v) is 4.14. The minimum Gasteiger partial charge on any atom is -0.392 e. The van der Waals surface area contributed by atoms with E-state index in [0.29, 0.717) is 0 Å². The lowest BCUT2D eigenvalue weighted by Gasteiger charge is -2.19. The van der Waals surface area contributed by atoms with E-state index in [1.165, 1.54) is 0 Å². The summed E-state index contributed by atoms with van der Waals surface area (Å²) in [6.07, 6.45) is -1.25. The van der Waals surface area contributed by atoms with Crippen LogP contribution in [-0.2, 0) is 0 Å². The third kappa shape index (κ3) is 1.56. The van der Waals surface area contributed by atoms with Gasteiger partial charge >= 0.3 is 0 Å². The molecule has 0 heterocycles. The molecule has 0 aromatic heterocycles. The van der Waals surface area contributed by atoms with E-state index >= 15 is 0 Å². The number of rotatable bonds is 1. The fourth-order valence-corrected chi connectivity index (χ4v) is 1.40. The van der Waals surface area contributed by atoms with Gasteiger partial charge in [-0.1, -0.05) is 15.9 Å². The Morgan fingerprint density at radius 2 is 2.08 bits per heavy atom. The van der Waals surface area contributed by atoms with E-state index in [4.69, 9.17) is 5.11 Å². The quantitative estimate of drug-likeness (QED) is 0.699. The summed E-state index contributed by atoms with van der Waals surface area (Å²) < 4.78 is 37.8. The molecule has 0 spiro atoms. The minimum absolute atomic E-state index is 0.0985. The highest BCUT2D eigenvalue weighted by atomic mass is 79.9. The molecular formula is C7H6BrF3O. The highest BCUT2D eigenvalue weighted by Crippen LogP contribution is 2.32. The van der Waals surface area contributed by atoms with Crippen molar-refractivity contribution in [3.05, 3.63) is 23.3 Å². The van der Waals surface area contributed by atoms with E-state index in [-0.39, 0.29) is 5.57 Å². The van der Waals surface area contributed by atoms with Gasteiger partial charge in [-0.25, -0.2) is 13.2 Å². The van der Waals surface area contributed by atoms with Gasteiger partial charge < -0.3 is 5.11 Å². The zero-order valence-corrected chi connectivity index (χ0v) is 7.48. The van der Waals surface area contributed by atoms with E-state index in [0.717, 1.165) is 6.08 Å². The number of alkyl halides is 2. The summed E-state index contributed by atoms with van der Waals surface area (Å²) in [6.45, 7) is -0.489. The van der Waals surface area contributed by atoms with Crippen LogP contribution in [0, 0.1) is 0 Å². The highest BCUT2D eigenvalue weighted by Gasteiger charge is 2.32. The molecule has 0 bridgehead atoms. The molecule has 2 unspecified atom stereocenters. The van der Waals surface area contributed by atoms with Gasteiger partial charge in [-0.3, -0.25) is 0 Å². The summed E-state index contributed by atoms with van der Waals surface area (Å²) in [4.78, 5) is -0.970. The predicted molar refractivity (Wildman–Crippen MR) is 42.0 cm³/mol. The first-order valence-electron chi connectivity index (χ1n) is 3.22. The standard InChI is InChI=1S/C7H6BrF3O/c8-5-3(2-12)1-4(9)6(10)7(5)11/h1,5,7,12H,2H2. The van der Waals surface area contributed by atoms with Crippen molar-refractivity contribution < 1.29 is 18.3 Å². The van der Waals surface area contributed by atoms with Crippen molar-refractivity contribution in [2.24, 2.45) is 0 Å². The molecule has 5 heteroatoms. The second-order valence-corrected chi connectivity index (χ2v) is 3.36. The number of aliphatic hydroxyl groups excluding tert-OH is 1. The fourth-order valence-electron chi connectivity index (χ4n) is 0.892. The number of halogens is 4. The van der Waals surface area contributed by atoms with Crippen molar-refractivity contribution in [1.82, 2.24) is 0 Å². The van der Waals surface area contributed by atoms with Crippen molar-refractivity contribution in [1.29, 1.82) is 0 Å². The molecule has 0 aromatic carbocycles. The Hall–Kier alpha value is -0.290. The molecule has 0 aromatic rings. The van der Waals surface area contributed by atoms with Crippen molar-refractivity contribution in [3.8, 4) is 0 Å². The molecule has 0 amide bonds. The van der Waals surface area contributed by atoms with Gasteiger partial charge in [-0.05, 0) is 11.6 Å². The zero-order chi connectivity index (χ0) is 9.30. The Morgan fingerprint density at radius 1 is 1.50 bits per heavy atom. The molecule has 68 valence electrons. The number of hydrogen-bond acceptors (Lipinski definition) is 1. The zero-order valence-electron chi connectivity index (χ0n) is 5.90. The monoisotopic (exact) mass is 242 g/mol. The summed E-state index contributed by atoms with van der Waals surface area (Å²) in [5.74, 6) is -2.67. The molecule has 1 rings (SSSR count).